The molecule has 1 unspecified atom stereocenters. The largest absolute Gasteiger partial charge is 0.454 e. The predicted molar refractivity (Wildman–Crippen MR) is 99.6 cm³/mol. The van der Waals surface area contributed by atoms with Crippen LogP contribution in [-0.4, -0.2) is 14.6 Å². The van der Waals surface area contributed by atoms with Gasteiger partial charge >= 0.3 is 0 Å². The maximum atomic E-state index is 6.01. The van der Waals surface area contributed by atoms with Crippen molar-refractivity contribution < 1.29 is 4.42 Å². The molecule has 1 aromatic carbocycles. The van der Waals surface area contributed by atoms with Crippen molar-refractivity contribution in [3.05, 3.63) is 52.0 Å². The van der Waals surface area contributed by atoms with E-state index >= 15 is 0 Å². The highest BCUT2D eigenvalue weighted by Crippen LogP contribution is 2.34. The van der Waals surface area contributed by atoms with Crippen molar-refractivity contribution in [2.75, 3.05) is 6.54 Å². The summed E-state index contributed by atoms with van der Waals surface area (Å²) in [6.07, 6.45) is 5.44. The van der Waals surface area contributed by atoms with E-state index in [9.17, 15) is 0 Å². The number of hydrogen-bond donors (Lipinski definition) is 0. The van der Waals surface area contributed by atoms with Crippen LogP contribution in [0.1, 0.15) is 17.3 Å². The molecule has 3 heterocycles. The Morgan fingerprint density at radius 2 is 2.27 bits per heavy atom. The molecule has 1 atom stereocenters. The van der Waals surface area contributed by atoms with E-state index in [-0.39, 0.29) is 0 Å². The minimum Gasteiger partial charge on any atom is -0.454 e. The third-order valence-corrected chi connectivity index (χ3v) is 5.72. The van der Waals surface area contributed by atoms with E-state index in [0.29, 0.717) is 10.9 Å². The molecule has 1 aliphatic rings. The van der Waals surface area contributed by atoms with Gasteiger partial charge in [-0.3, -0.25) is 0 Å². The van der Waals surface area contributed by atoms with Gasteiger partial charge in [-0.05, 0) is 24.6 Å². The minimum atomic E-state index is 0.406. The van der Waals surface area contributed by atoms with E-state index < -0.39 is 0 Å². The summed E-state index contributed by atoms with van der Waals surface area (Å²) in [7, 11) is 0. The zero-order valence-electron chi connectivity index (χ0n) is 11.5. The third-order valence-electron chi connectivity index (χ3n) is 3.71. The fourth-order valence-electron chi connectivity index (χ4n) is 2.54. The fraction of sp³-hybridized carbons (Fsp3) is 0.188. The lowest BCUT2D eigenvalue weighted by atomic mass is 10.0. The highest BCUT2D eigenvalue weighted by molar-refractivity contribution is 14.1. The van der Waals surface area contributed by atoms with Crippen molar-refractivity contribution in [1.29, 1.82) is 0 Å². The normalized spacial score (nSPS) is 18.3. The molecule has 0 aliphatic carbocycles. The Balaban J connectivity index is 1.66. The van der Waals surface area contributed by atoms with Gasteiger partial charge in [-0.2, -0.15) is 0 Å². The van der Waals surface area contributed by atoms with Gasteiger partial charge in [0.2, 0.25) is 0 Å². The summed E-state index contributed by atoms with van der Waals surface area (Å²) in [6, 6.07) is 7.70. The highest BCUT2D eigenvalue weighted by Gasteiger charge is 2.18. The summed E-state index contributed by atoms with van der Waals surface area (Å²) in [4.78, 5) is 4.77. The molecule has 0 spiro atoms. The van der Waals surface area contributed by atoms with Gasteiger partial charge in [-0.1, -0.05) is 17.7 Å². The summed E-state index contributed by atoms with van der Waals surface area (Å²) < 4.78 is 8.06. The standard InChI is InChI=1S/C16H12ClIN2OS/c17-12-2-1-11-7-15(21-14(11)8-12)13-9-22-16(19-13)10-3-5-20(18)6-4-10/h1-3,5,7-10H,4,6H2. The lowest BCUT2D eigenvalue weighted by Crippen LogP contribution is -2.14. The van der Waals surface area contributed by atoms with Gasteiger partial charge in [0.1, 0.15) is 16.3 Å². The van der Waals surface area contributed by atoms with E-state index in [2.05, 4.69) is 43.6 Å². The van der Waals surface area contributed by atoms with Crippen molar-refractivity contribution in [3.63, 3.8) is 0 Å². The number of halogens is 2. The van der Waals surface area contributed by atoms with Crippen molar-refractivity contribution in [1.82, 2.24) is 8.10 Å². The lowest BCUT2D eigenvalue weighted by Gasteiger charge is -2.20. The van der Waals surface area contributed by atoms with E-state index in [1.807, 2.05) is 24.3 Å². The predicted octanol–water partition coefficient (Wildman–Crippen LogP) is 5.86. The molecule has 112 valence electrons. The van der Waals surface area contributed by atoms with Crippen LogP contribution in [0, 0.1) is 0 Å². The van der Waals surface area contributed by atoms with Crippen LogP contribution in [0.2, 0.25) is 5.02 Å². The Kier molecular flexibility index (Phi) is 3.88. The molecule has 6 heteroatoms. The van der Waals surface area contributed by atoms with Crippen LogP contribution < -0.4 is 0 Å². The number of fused-ring (bicyclic) bond motifs is 1. The fourth-order valence-corrected chi connectivity index (χ4v) is 4.09. The number of furan rings is 1. The van der Waals surface area contributed by atoms with E-state index in [0.717, 1.165) is 40.4 Å². The van der Waals surface area contributed by atoms with Gasteiger partial charge in [-0.25, -0.2) is 4.98 Å². The molecule has 0 radical (unpaired) electrons. The number of benzene rings is 1. The first kappa shape index (κ1) is 14.5. The first-order chi connectivity index (χ1) is 10.7. The van der Waals surface area contributed by atoms with E-state index in [1.165, 1.54) is 0 Å². The van der Waals surface area contributed by atoms with Gasteiger partial charge in [0.25, 0.3) is 0 Å². The van der Waals surface area contributed by atoms with Crippen LogP contribution in [0.25, 0.3) is 22.4 Å². The van der Waals surface area contributed by atoms with Crippen LogP contribution in [0.15, 0.2) is 46.3 Å². The monoisotopic (exact) mass is 442 g/mol. The molecule has 0 saturated carbocycles. The maximum Gasteiger partial charge on any atom is 0.154 e. The van der Waals surface area contributed by atoms with Crippen LogP contribution in [-0.2, 0) is 0 Å². The number of nitrogens with zero attached hydrogens (tertiary/aromatic N) is 2. The molecule has 0 bridgehead atoms. The molecule has 3 aromatic rings. The zero-order chi connectivity index (χ0) is 15.1. The Bertz CT molecular complexity index is 857. The molecular formula is C16H12ClIN2OS. The van der Waals surface area contributed by atoms with Gasteiger partial charge in [-0.15, -0.1) is 11.3 Å². The molecule has 2 aromatic heterocycles. The quantitative estimate of drug-likeness (QED) is 0.367. The average molecular weight is 443 g/mol. The first-order valence-corrected chi connectivity index (χ1v) is 9.17. The Morgan fingerprint density at radius 1 is 1.36 bits per heavy atom. The zero-order valence-corrected chi connectivity index (χ0v) is 15.2. The van der Waals surface area contributed by atoms with Crippen LogP contribution in [0.5, 0.6) is 0 Å². The topological polar surface area (TPSA) is 29.3 Å². The lowest BCUT2D eigenvalue weighted by molar-refractivity contribution is 0.554. The molecule has 0 N–H and O–H groups in total. The molecular weight excluding hydrogens is 431 g/mol. The second kappa shape index (κ2) is 5.86. The van der Waals surface area contributed by atoms with Crippen molar-refractivity contribution >= 4 is 56.8 Å². The summed E-state index contributed by atoms with van der Waals surface area (Å²) in [6.45, 7) is 1.06. The number of allylic oxidation sites excluding steroid dienone is 1. The second-order valence-corrected chi connectivity index (χ2v) is 7.79. The van der Waals surface area contributed by atoms with Crippen molar-refractivity contribution in [2.24, 2.45) is 0 Å². The van der Waals surface area contributed by atoms with Gasteiger partial charge < -0.3 is 7.53 Å². The van der Waals surface area contributed by atoms with Crippen LogP contribution in [0.3, 0.4) is 0 Å². The van der Waals surface area contributed by atoms with Gasteiger partial charge in [0, 0.05) is 40.5 Å². The van der Waals surface area contributed by atoms with E-state index in [4.69, 9.17) is 21.0 Å². The molecule has 22 heavy (non-hydrogen) atoms. The summed E-state index contributed by atoms with van der Waals surface area (Å²) >= 11 is 10.0. The van der Waals surface area contributed by atoms with Crippen molar-refractivity contribution in [3.8, 4) is 11.5 Å². The third kappa shape index (κ3) is 2.77. The second-order valence-electron chi connectivity index (χ2n) is 5.22. The highest BCUT2D eigenvalue weighted by atomic mass is 127. The Morgan fingerprint density at radius 3 is 3.09 bits per heavy atom. The number of thiazole rings is 1. The van der Waals surface area contributed by atoms with Gasteiger partial charge in [0.05, 0.1) is 22.9 Å². The Labute approximate surface area is 151 Å². The Hall–Kier alpha value is -1.05. The first-order valence-electron chi connectivity index (χ1n) is 6.95. The number of hydrogen-bond acceptors (Lipinski definition) is 4. The SMILES string of the molecule is Clc1ccc2cc(-c3csc(C4C=CN(I)CC4)n3)oc2c1. The molecule has 1 aliphatic heterocycles. The summed E-state index contributed by atoms with van der Waals surface area (Å²) in [5.41, 5.74) is 1.70. The molecule has 0 amide bonds. The smallest absolute Gasteiger partial charge is 0.154 e. The molecule has 3 nitrogen and oxygen atoms in total. The van der Waals surface area contributed by atoms with Crippen LogP contribution in [0.4, 0.5) is 0 Å². The number of rotatable bonds is 2. The maximum absolute atomic E-state index is 6.01. The molecule has 0 saturated heterocycles. The van der Waals surface area contributed by atoms with Crippen molar-refractivity contribution in [2.45, 2.75) is 12.3 Å². The molecule has 0 fully saturated rings. The number of aromatic nitrogens is 1. The van der Waals surface area contributed by atoms with Gasteiger partial charge in [0.15, 0.2) is 5.76 Å². The average Bonchev–Trinajstić information content (AvgIpc) is 3.13. The summed E-state index contributed by atoms with van der Waals surface area (Å²) in [5, 5.41) is 4.95. The summed E-state index contributed by atoms with van der Waals surface area (Å²) in [5.74, 6) is 1.21. The van der Waals surface area contributed by atoms with Crippen LogP contribution >= 0.6 is 45.8 Å². The minimum absolute atomic E-state index is 0.406. The molecule has 4 rings (SSSR count). The van der Waals surface area contributed by atoms with E-state index in [1.54, 1.807) is 11.3 Å².